The third kappa shape index (κ3) is 10.6. The molecular weight excluding hydrogens is 354 g/mol. The maximum atomic E-state index is 12.2. The number of hydrogen-bond acceptors (Lipinski definition) is 4. The van der Waals surface area contributed by atoms with Gasteiger partial charge < -0.3 is 9.84 Å². The first-order valence-electron chi connectivity index (χ1n) is 8.40. The van der Waals surface area contributed by atoms with E-state index in [-0.39, 0.29) is 12.2 Å². The van der Waals surface area contributed by atoms with Crippen LogP contribution in [0.1, 0.15) is 25.0 Å². The van der Waals surface area contributed by atoms with Crippen molar-refractivity contribution in [3.05, 3.63) is 59.7 Å². The predicted molar refractivity (Wildman–Crippen MR) is 105 cm³/mol. The number of hydrazone groups is 1. The van der Waals surface area contributed by atoms with Gasteiger partial charge in [0.05, 0.1) is 5.69 Å². The van der Waals surface area contributed by atoms with Crippen LogP contribution in [0.4, 0.5) is 14.5 Å². The molecule has 0 unspecified atom stereocenters. The van der Waals surface area contributed by atoms with E-state index in [2.05, 4.69) is 15.9 Å². The molecule has 5 nitrogen and oxygen atoms in total. The van der Waals surface area contributed by atoms with E-state index >= 15 is 0 Å². The van der Waals surface area contributed by atoms with Crippen LogP contribution in [0.2, 0.25) is 0 Å². The molecule has 0 fully saturated rings. The van der Waals surface area contributed by atoms with E-state index in [9.17, 15) is 8.78 Å². The van der Waals surface area contributed by atoms with Gasteiger partial charge in [0.25, 0.3) is 6.47 Å². The summed E-state index contributed by atoms with van der Waals surface area (Å²) in [5.41, 5.74) is 3.06. The van der Waals surface area contributed by atoms with Gasteiger partial charge in [0, 0.05) is 25.7 Å². The first kappa shape index (κ1) is 24.0. The summed E-state index contributed by atoms with van der Waals surface area (Å²) >= 11 is 0. The van der Waals surface area contributed by atoms with Crippen LogP contribution in [-0.4, -0.2) is 31.5 Å². The molecule has 7 heteroatoms. The van der Waals surface area contributed by atoms with Gasteiger partial charge in [0.15, 0.2) is 0 Å². The van der Waals surface area contributed by atoms with E-state index in [1.165, 1.54) is 23.3 Å². The van der Waals surface area contributed by atoms with Crippen molar-refractivity contribution in [3.63, 3.8) is 0 Å². The van der Waals surface area contributed by atoms with Gasteiger partial charge >= 0.3 is 6.61 Å². The molecule has 0 spiro atoms. The number of aryl methyl sites for hydroxylation is 1. The Labute approximate surface area is 158 Å². The van der Waals surface area contributed by atoms with Crippen LogP contribution in [-0.2, 0) is 11.2 Å². The number of benzene rings is 2. The molecular formula is C20H26F2N2O3. The maximum absolute atomic E-state index is 12.2. The average molecular weight is 380 g/mol. The minimum atomic E-state index is -2.83. The molecule has 2 aromatic carbocycles. The Morgan fingerprint density at radius 1 is 1.19 bits per heavy atom. The van der Waals surface area contributed by atoms with Crippen LogP contribution in [0.25, 0.3) is 0 Å². The van der Waals surface area contributed by atoms with Crippen LogP contribution < -0.4 is 9.75 Å². The molecule has 2 aromatic rings. The van der Waals surface area contributed by atoms with Gasteiger partial charge in [-0.2, -0.15) is 13.9 Å². The summed E-state index contributed by atoms with van der Waals surface area (Å²) in [6.07, 6.45) is 2.49. The van der Waals surface area contributed by atoms with E-state index < -0.39 is 6.61 Å². The lowest BCUT2D eigenvalue weighted by Gasteiger charge is -2.14. The van der Waals surface area contributed by atoms with Crippen LogP contribution >= 0.6 is 0 Å². The van der Waals surface area contributed by atoms with Gasteiger partial charge in [-0.3, -0.25) is 9.80 Å². The molecule has 0 saturated carbocycles. The second-order valence-corrected chi connectivity index (χ2v) is 5.00. The molecule has 0 radical (unpaired) electrons. The highest BCUT2D eigenvalue weighted by Gasteiger charge is 2.06. The SMILES string of the molecule is CC.Cc1cccc(C/C=N\N(C)c2cccc(OC(F)F)c2)c1.O=CO. The minimum Gasteiger partial charge on any atom is -0.483 e. The summed E-state index contributed by atoms with van der Waals surface area (Å²) in [5.74, 6) is 0.119. The zero-order valence-electron chi connectivity index (χ0n) is 16.0. The van der Waals surface area contributed by atoms with Crippen molar-refractivity contribution in [2.24, 2.45) is 5.10 Å². The lowest BCUT2D eigenvalue weighted by atomic mass is 10.1. The van der Waals surface area contributed by atoms with E-state index in [0.29, 0.717) is 12.1 Å². The molecule has 0 aliphatic rings. The van der Waals surface area contributed by atoms with Crippen molar-refractivity contribution in [1.29, 1.82) is 0 Å². The summed E-state index contributed by atoms with van der Waals surface area (Å²) in [6.45, 7) is 2.96. The highest BCUT2D eigenvalue weighted by atomic mass is 19.3. The van der Waals surface area contributed by atoms with E-state index in [4.69, 9.17) is 9.90 Å². The number of rotatable bonds is 6. The summed E-state index contributed by atoms with van der Waals surface area (Å²) in [7, 11) is 1.76. The van der Waals surface area contributed by atoms with Gasteiger partial charge in [-0.1, -0.05) is 49.7 Å². The Bertz CT molecular complexity index is 694. The first-order chi connectivity index (χ1) is 13.0. The smallest absolute Gasteiger partial charge is 0.387 e. The molecule has 1 N–H and O–H groups in total. The Kier molecular flexibility index (Phi) is 12.7. The molecule has 0 heterocycles. The van der Waals surface area contributed by atoms with Crippen LogP contribution in [0, 0.1) is 6.92 Å². The molecule has 148 valence electrons. The van der Waals surface area contributed by atoms with E-state index in [1.807, 2.05) is 39.0 Å². The molecule has 2 rings (SSSR count). The monoisotopic (exact) mass is 380 g/mol. The second-order valence-electron chi connectivity index (χ2n) is 5.00. The van der Waals surface area contributed by atoms with Crippen LogP contribution in [0.3, 0.4) is 0 Å². The summed E-state index contributed by atoms with van der Waals surface area (Å²) in [5, 5.41) is 12.8. The van der Waals surface area contributed by atoms with E-state index in [1.54, 1.807) is 30.4 Å². The normalized spacial score (nSPS) is 9.74. The molecule has 0 aliphatic heterocycles. The number of halogens is 2. The molecule has 0 saturated heterocycles. The average Bonchev–Trinajstić information content (AvgIpc) is 2.64. The minimum absolute atomic E-state index is 0.119. The van der Waals surface area contributed by atoms with Crippen molar-refractivity contribution >= 4 is 18.4 Å². The van der Waals surface area contributed by atoms with Gasteiger partial charge in [0.1, 0.15) is 5.75 Å². The number of carboxylic acid groups (broad SMARTS) is 1. The van der Waals surface area contributed by atoms with Crippen molar-refractivity contribution in [3.8, 4) is 5.75 Å². The lowest BCUT2D eigenvalue weighted by molar-refractivity contribution is -0.122. The van der Waals surface area contributed by atoms with Gasteiger partial charge in [-0.15, -0.1) is 0 Å². The van der Waals surface area contributed by atoms with Gasteiger partial charge in [0.2, 0.25) is 0 Å². The summed E-state index contributed by atoms with van der Waals surface area (Å²) in [4.78, 5) is 8.36. The number of ether oxygens (including phenoxy) is 1. The van der Waals surface area contributed by atoms with Crippen molar-refractivity contribution in [1.82, 2.24) is 0 Å². The number of nitrogens with zero attached hydrogens (tertiary/aromatic N) is 2. The second kappa shape index (κ2) is 14.2. The van der Waals surface area contributed by atoms with Crippen LogP contribution in [0.15, 0.2) is 53.6 Å². The Morgan fingerprint density at radius 2 is 1.81 bits per heavy atom. The van der Waals surface area contributed by atoms with Gasteiger partial charge in [-0.25, -0.2) is 0 Å². The quantitative estimate of drug-likeness (QED) is 0.436. The zero-order chi connectivity index (χ0) is 20.7. The summed E-state index contributed by atoms with van der Waals surface area (Å²) in [6, 6.07) is 14.6. The van der Waals surface area contributed by atoms with Crippen molar-refractivity contribution in [2.45, 2.75) is 33.8 Å². The fourth-order valence-corrected chi connectivity index (χ4v) is 2.04. The van der Waals surface area contributed by atoms with Crippen molar-refractivity contribution < 1.29 is 23.4 Å². The summed E-state index contributed by atoms with van der Waals surface area (Å²) < 4.78 is 28.8. The molecule has 0 atom stereocenters. The lowest BCUT2D eigenvalue weighted by Crippen LogP contribution is -2.10. The fourth-order valence-electron chi connectivity index (χ4n) is 2.04. The maximum Gasteiger partial charge on any atom is 0.387 e. The van der Waals surface area contributed by atoms with Crippen LogP contribution in [0.5, 0.6) is 5.75 Å². The zero-order valence-corrected chi connectivity index (χ0v) is 16.0. The molecule has 0 aromatic heterocycles. The highest BCUT2D eigenvalue weighted by molar-refractivity contribution is 5.64. The Hall–Kier alpha value is -2.96. The number of hydrogen-bond donors (Lipinski definition) is 1. The molecule has 27 heavy (non-hydrogen) atoms. The largest absolute Gasteiger partial charge is 0.483 e. The van der Waals surface area contributed by atoms with E-state index in [0.717, 1.165) is 0 Å². The molecule has 0 amide bonds. The van der Waals surface area contributed by atoms with Crippen molar-refractivity contribution in [2.75, 3.05) is 12.1 Å². The fraction of sp³-hybridized carbons (Fsp3) is 0.300. The molecule has 0 bridgehead atoms. The molecule has 0 aliphatic carbocycles. The number of alkyl halides is 2. The van der Waals surface area contributed by atoms with Gasteiger partial charge in [-0.05, 0) is 24.6 Å². The number of carbonyl (C=O) groups is 1. The standard InChI is InChI=1S/C17H18F2N2O.C2H6.CH2O2/c1-13-5-3-6-14(11-13)9-10-20-21(2)15-7-4-8-16(12-15)22-17(18)19;1-2;2-1-3/h3-8,10-12,17H,9H2,1-2H3;1-2H3;1H,(H,2,3)/b20-10-;;. The Balaban J connectivity index is 0.00000123. The Morgan fingerprint density at radius 3 is 2.41 bits per heavy atom. The first-order valence-corrected chi connectivity index (χ1v) is 8.40. The third-order valence-corrected chi connectivity index (χ3v) is 3.08. The predicted octanol–water partition coefficient (Wildman–Crippen LogP) is 4.99. The third-order valence-electron chi connectivity index (χ3n) is 3.08. The highest BCUT2D eigenvalue weighted by Crippen LogP contribution is 2.21. The number of anilines is 1. The topological polar surface area (TPSA) is 62.1 Å².